The molecule has 1 aliphatic carbocycles. The van der Waals surface area contributed by atoms with E-state index in [-0.39, 0.29) is 0 Å². The number of hydrogen-bond acceptors (Lipinski definition) is 5. The van der Waals surface area contributed by atoms with Gasteiger partial charge >= 0.3 is 0 Å². The molecule has 1 unspecified atom stereocenters. The topological polar surface area (TPSA) is 71.7 Å². The fraction of sp³-hybridized carbons (Fsp3) is 0.571. The van der Waals surface area contributed by atoms with Crippen molar-refractivity contribution in [3.05, 3.63) is 30.4 Å². The van der Waals surface area contributed by atoms with E-state index in [1.165, 1.54) is 12.8 Å². The Kier molecular flexibility index (Phi) is 4.25. The molecule has 0 aromatic carbocycles. The van der Waals surface area contributed by atoms with Crippen molar-refractivity contribution in [2.45, 2.75) is 25.5 Å². The number of aromatic nitrogens is 3. The SMILES string of the molecule is OC(CNCc1cnc2ncccn12)COCC1CC1. The van der Waals surface area contributed by atoms with Crippen LogP contribution in [0, 0.1) is 5.92 Å². The monoisotopic (exact) mass is 276 g/mol. The van der Waals surface area contributed by atoms with Gasteiger partial charge in [0.2, 0.25) is 5.78 Å². The molecule has 108 valence electrons. The third-order valence-corrected chi connectivity index (χ3v) is 3.41. The standard InChI is InChI=1S/C14H20N4O2/c19-13(10-20-9-11-2-3-11)8-15-6-12-7-17-14-16-4-1-5-18(12)14/h1,4-5,7,11,13,15,19H,2-3,6,8-10H2. The molecule has 20 heavy (non-hydrogen) atoms. The number of imidazole rings is 1. The number of nitrogens with one attached hydrogen (secondary N) is 1. The Bertz CT molecular complexity index is 553. The van der Waals surface area contributed by atoms with Crippen LogP contribution in [0.1, 0.15) is 18.5 Å². The Morgan fingerprint density at radius 1 is 1.45 bits per heavy atom. The maximum atomic E-state index is 9.80. The van der Waals surface area contributed by atoms with Gasteiger partial charge < -0.3 is 15.2 Å². The third kappa shape index (κ3) is 3.53. The van der Waals surface area contributed by atoms with Crippen LogP contribution >= 0.6 is 0 Å². The van der Waals surface area contributed by atoms with Gasteiger partial charge in [-0.3, -0.25) is 4.40 Å². The summed E-state index contributed by atoms with van der Waals surface area (Å²) in [6.07, 6.45) is 7.53. The molecule has 2 heterocycles. The summed E-state index contributed by atoms with van der Waals surface area (Å²) >= 11 is 0. The van der Waals surface area contributed by atoms with Gasteiger partial charge in [0, 0.05) is 32.1 Å². The van der Waals surface area contributed by atoms with Gasteiger partial charge in [-0.25, -0.2) is 9.97 Å². The molecule has 0 bridgehead atoms. The van der Waals surface area contributed by atoms with Gasteiger partial charge in [0.15, 0.2) is 0 Å². The predicted octanol–water partition coefficient (Wildman–Crippen LogP) is 0.606. The maximum absolute atomic E-state index is 9.80. The molecule has 6 heteroatoms. The first-order valence-corrected chi connectivity index (χ1v) is 7.06. The highest BCUT2D eigenvalue weighted by Gasteiger charge is 2.21. The van der Waals surface area contributed by atoms with Gasteiger partial charge in [-0.1, -0.05) is 0 Å². The van der Waals surface area contributed by atoms with Crippen molar-refractivity contribution in [1.29, 1.82) is 0 Å². The highest BCUT2D eigenvalue weighted by Crippen LogP contribution is 2.28. The summed E-state index contributed by atoms with van der Waals surface area (Å²) in [6, 6.07) is 1.87. The Hall–Kier alpha value is -1.50. The van der Waals surface area contributed by atoms with Gasteiger partial charge in [0.05, 0.1) is 24.6 Å². The number of rotatable bonds is 8. The molecule has 0 radical (unpaired) electrons. The first-order valence-electron chi connectivity index (χ1n) is 7.06. The third-order valence-electron chi connectivity index (χ3n) is 3.41. The zero-order valence-corrected chi connectivity index (χ0v) is 11.4. The number of fused-ring (bicyclic) bond motifs is 1. The van der Waals surface area contributed by atoms with Gasteiger partial charge in [0.1, 0.15) is 0 Å². The first kappa shape index (κ1) is 13.5. The Morgan fingerprint density at radius 3 is 3.20 bits per heavy atom. The van der Waals surface area contributed by atoms with Crippen molar-refractivity contribution in [2.75, 3.05) is 19.8 Å². The number of nitrogens with zero attached hydrogens (tertiary/aromatic N) is 3. The molecule has 1 fully saturated rings. The van der Waals surface area contributed by atoms with Crippen LogP contribution in [0.2, 0.25) is 0 Å². The minimum Gasteiger partial charge on any atom is -0.389 e. The van der Waals surface area contributed by atoms with Crippen molar-refractivity contribution in [1.82, 2.24) is 19.7 Å². The largest absolute Gasteiger partial charge is 0.389 e. The second-order valence-electron chi connectivity index (χ2n) is 5.30. The second-order valence-corrected chi connectivity index (χ2v) is 5.30. The van der Waals surface area contributed by atoms with E-state index in [9.17, 15) is 5.11 Å². The molecule has 1 atom stereocenters. The molecule has 6 nitrogen and oxygen atoms in total. The van der Waals surface area contributed by atoms with E-state index in [0.29, 0.717) is 25.5 Å². The summed E-state index contributed by atoms with van der Waals surface area (Å²) in [4.78, 5) is 8.38. The quantitative estimate of drug-likeness (QED) is 0.739. The Morgan fingerprint density at radius 2 is 2.35 bits per heavy atom. The minimum atomic E-state index is -0.467. The van der Waals surface area contributed by atoms with E-state index in [1.807, 2.05) is 16.7 Å². The maximum Gasteiger partial charge on any atom is 0.233 e. The summed E-state index contributed by atoms with van der Waals surface area (Å²) in [5, 5.41) is 13.0. The van der Waals surface area contributed by atoms with Crippen LogP contribution in [-0.4, -0.2) is 45.3 Å². The van der Waals surface area contributed by atoms with Gasteiger partial charge in [-0.15, -0.1) is 0 Å². The molecule has 1 saturated carbocycles. The molecule has 0 spiro atoms. The van der Waals surface area contributed by atoms with Crippen molar-refractivity contribution in [2.24, 2.45) is 5.92 Å². The molecule has 2 aromatic heterocycles. The fourth-order valence-corrected chi connectivity index (χ4v) is 2.09. The first-order chi connectivity index (χ1) is 9.83. The lowest BCUT2D eigenvalue weighted by atomic mass is 10.3. The van der Waals surface area contributed by atoms with E-state index in [2.05, 4.69) is 15.3 Å². The van der Waals surface area contributed by atoms with E-state index in [0.717, 1.165) is 18.2 Å². The molecule has 2 aromatic rings. The second kappa shape index (κ2) is 6.30. The van der Waals surface area contributed by atoms with Crippen LogP contribution in [0.15, 0.2) is 24.7 Å². The molecular weight excluding hydrogens is 256 g/mol. The Labute approximate surface area is 117 Å². The van der Waals surface area contributed by atoms with E-state index in [4.69, 9.17) is 4.74 Å². The van der Waals surface area contributed by atoms with Crippen LogP contribution in [0.3, 0.4) is 0 Å². The zero-order chi connectivity index (χ0) is 13.8. The highest BCUT2D eigenvalue weighted by atomic mass is 16.5. The molecule has 2 N–H and O–H groups in total. The van der Waals surface area contributed by atoms with Crippen LogP contribution in [0.5, 0.6) is 0 Å². The predicted molar refractivity (Wildman–Crippen MR) is 74.2 cm³/mol. The average Bonchev–Trinajstić information content (AvgIpc) is 3.19. The molecular formula is C14H20N4O2. The van der Waals surface area contributed by atoms with Crippen molar-refractivity contribution in [3.8, 4) is 0 Å². The number of aliphatic hydroxyl groups excluding tert-OH is 1. The van der Waals surface area contributed by atoms with Crippen LogP contribution in [0.25, 0.3) is 5.78 Å². The fourth-order valence-electron chi connectivity index (χ4n) is 2.09. The lowest BCUT2D eigenvalue weighted by Crippen LogP contribution is -2.30. The van der Waals surface area contributed by atoms with Gasteiger partial charge in [-0.05, 0) is 24.8 Å². The lowest BCUT2D eigenvalue weighted by molar-refractivity contribution is 0.0324. The lowest BCUT2D eigenvalue weighted by Gasteiger charge is -2.12. The van der Waals surface area contributed by atoms with E-state index < -0.39 is 6.10 Å². The van der Waals surface area contributed by atoms with Crippen molar-refractivity contribution in [3.63, 3.8) is 0 Å². The number of ether oxygens (including phenoxy) is 1. The van der Waals surface area contributed by atoms with Crippen LogP contribution < -0.4 is 5.32 Å². The number of hydrogen-bond donors (Lipinski definition) is 2. The molecule has 3 rings (SSSR count). The summed E-state index contributed by atoms with van der Waals surface area (Å²) in [7, 11) is 0. The summed E-state index contributed by atoms with van der Waals surface area (Å²) in [6.45, 7) is 2.35. The van der Waals surface area contributed by atoms with Gasteiger partial charge in [-0.2, -0.15) is 0 Å². The van der Waals surface area contributed by atoms with Crippen molar-refractivity contribution >= 4 is 5.78 Å². The summed E-state index contributed by atoms with van der Waals surface area (Å²) in [5.74, 6) is 1.43. The Balaban J connectivity index is 1.40. The molecule has 0 amide bonds. The average molecular weight is 276 g/mol. The van der Waals surface area contributed by atoms with Crippen LogP contribution in [-0.2, 0) is 11.3 Å². The molecule has 0 saturated heterocycles. The molecule has 1 aliphatic rings. The number of aliphatic hydroxyl groups is 1. The van der Waals surface area contributed by atoms with E-state index >= 15 is 0 Å². The van der Waals surface area contributed by atoms with Crippen molar-refractivity contribution < 1.29 is 9.84 Å². The summed E-state index contributed by atoms with van der Waals surface area (Å²) in [5.41, 5.74) is 1.03. The van der Waals surface area contributed by atoms with Crippen LogP contribution in [0.4, 0.5) is 0 Å². The summed E-state index contributed by atoms with van der Waals surface area (Å²) < 4.78 is 7.39. The zero-order valence-electron chi connectivity index (χ0n) is 11.4. The minimum absolute atomic E-state index is 0.401. The van der Waals surface area contributed by atoms with E-state index in [1.54, 1.807) is 12.4 Å². The molecule has 0 aliphatic heterocycles. The van der Waals surface area contributed by atoms with Gasteiger partial charge in [0.25, 0.3) is 0 Å². The normalized spacial score (nSPS) is 16.6. The highest BCUT2D eigenvalue weighted by molar-refractivity contribution is 5.30. The smallest absolute Gasteiger partial charge is 0.233 e.